The van der Waals surface area contributed by atoms with E-state index in [1.54, 1.807) is 11.9 Å². The normalized spacial score (nSPS) is 13.5. The van der Waals surface area contributed by atoms with Gasteiger partial charge in [0.2, 0.25) is 0 Å². The molecule has 3 rings (SSSR count). The number of fused-ring (bicyclic) bond motifs is 1. The highest BCUT2D eigenvalue weighted by Crippen LogP contribution is 2.30. The number of pyridine rings is 1. The summed E-state index contributed by atoms with van der Waals surface area (Å²) in [5, 5.41) is 0. The van der Waals surface area contributed by atoms with Crippen molar-refractivity contribution >= 4 is 17.8 Å². The lowest BCUT2D eigenvalue weighted by Crippen LogP contribution is -2.08. The Morgan fingerprint density at radius 1 is 1.26 bits per heavy atom. The average molecular weight is 272 g/mol. The van der Waals surface area contributed by atoms with Gasteiger partial charge in [-0.15, -0.1) is 0 Å². The van der Waals surface area contributed by atoms with Crippen LogP contribution >= 0.6 is 11.9 Å². The Hall–Kier alpha value is -1.68. The molecule has 0 spiro atoms. The molecule has 0 radical (unpaired) electrons. The van der Waals surface area contributed by atoms with Gasteiger partial charge in [-0.05, 0) is 61.0 Å². The Morgan fingerprint density at radius 2 is 2.21 bits per heavy atom. The predicted molar refractivity (Wildman–Crippen MR) is 78.7 cm³/mol. The fourth-order valence-corrected chi connectivity index (χ4v) is 2.67. The molecule has 0 saturated carbocycles. The van der Waals surface area contributed by atoms with Crippen LogP contribution in [0.2, 0.25) is 0 Å². The topological polar surface area (TPSA) is 34.1 Å². The first-order chi connectivity index (χ1) is 9.31. The zero-order valence-corrected chi connectivity index (χ0v) is 11.7. The quantitative estimate of drug-likeness (QED) is 0.861. The molecule has 3 nitrogen and oxygen atoms in total. The van der Waals surface area contributed by atoms with Crippen molar-refractivity contribution in [3.63, 3.8) is 0 Å². The molecule has 4 heteroatoms. The highest BCUT2D eigenvalue weighted by molar-refractivity contribution is 8.00. The van der Waals surface area contributed by atoms with Crippen LogP contribution in [0.1, 0.15) is 17.5 Å². The van der Waals surface area contributed by atoms with E-state index in [0.29, 0.717) is 0 Å². The van der Waals surface area contributed by atoms with Crippen LogP contribution < -0.4 is 9.46 Å². The summed E-state index contributed by atoms with van der Waals surface area (Å²) >= 11 is 1.56. The van der Waals surface area contributed by atoms with Crippen molar-refractivity contribution < 1.29 is 4.74 Å². The molecule has 1 aromatic heterocycles. The second kappa shape index (κ2) is 5.53. The molecule has 1 aromatic carbocycles. The van der Waals surface area contributed by atoms with Gasteiger partial charge in [0.05, 0.1) is 6.61 Å². The molecule has 2 heterocycles. The summed E-state index contributed by atoms with van der Waals surface area (Å²) in [6.07, 6.45) is 4.09. The van der Waals surface area contributed by atoms with Gasteiger partial charge in [-0.25, -0.2) is 4.98 Å². The number of nitrogens with zero attached hydrogens (tertiary/aromatic N) is 1. The summed E-state index contributed by atoms with van der Waals surface area (Å²) in [5.41, 5.74) is 2.47. The van der Waals surface area contributed by atoms with Crippen LogP contribution in [0.5, 0.6) is 5.75 Å². The van der Waals surface area contributed by atoms with E-state index in [1.165, 1.54) is 5.56 Å². The van der Waals surface area contributed by atoms with Crippen LogP contribution in [0.3, 0.4) is 0 Å². The number of nitrogens with one attached hydrogen (secondary N) is 1. The van der Waals surface area contributed by atoms with Crippen molar-refractivity contribution in [2.75, 3.05) is 11.3 Å². The van der Waals surface area contributed by atoms with Gasteiger partial charge in [0.1, 0.15) is 11.6 Å². The molecular formula is C15H16N2OS. The third-order valence-corrected chi connectivity index (χ3v) is 3.87. The van der Waals surface area contributed by atoms with Crippen LogP contribution in [0, 0.1) is 6.92 Å². The van der Waals surface area contributed by atoms with Crippen molar-refractivity contribution in [3.05, 3.63) is 47.7 Å². The van der Waals surface area contributed by atoms with Crippen LogP contribution in [0.25, 0.3) is 0 Å². The molecule has 0 amide bonds. The fourth-order valence-electron chi connectivity index (χ4n) is 2.02. The van der Waals surface area contributed by atoms with Crippen LogP contribution in [0.15, 0.2) is 41.4 Å². The minimum Gasteiger partial charge on any atom is -0.493 e. The summed E-state index contributed by atoms with van der Waals surface area (Å²) in [6, 6.07) is 10.4. The Bertz CT molecular complexity index is 569. The summed E-state index contributed by atoms with van der Waals surface area (Å²) in [5.74, 6) is 1.89. The molecule has 0 atom stereocenters. The number of anilines is 1. The Kier molecular flexibility index (Phi) is 3.60. The van der Waals surface area contributed by atoms with Gasteiger partial charge in [0.15, 0.2) is 0 Å². The minimum atomic E-state index is 0.827. The molecule has 1 aliphatic rings. The third-order valence-electron chi connectivity index (χ3n) is 3.07. The lowest BCUT2D eigenvalue weighted by molar-refractivity contribution is 0.287. The van der Waals surface area contributed by atoms with Gasteiger partial charge in [-0.2, -0.15) is 0 Å². The van der Waals surface area contributed by atoms with Crippen molar-refractivity contribution in [2.45, 2.75) is 24.7 Å². The van der Waals surface area contributed by atoms with Crippen molar-refractivity contribution in [2.24, 2.45) is 0 Å². The molecule has 0 aliphatic carbocycles. The lowest BCUT2D eigenvalue weighted by Gasteiger charge is -2.17. The van der Waals surface area contributed by atoms with Crippen LogP contribution in [-0.4, -0.2) is 11.6 Å². The molecule has 0 bridgehead atoms. The lowest BCUT2D eigenvalue weighted by atomic mass is 10.1. The molecule has 1 N–H and O–H groups in total. The van der Waals surface area contributed by atoms with E-state index >= 15 is 0 Å². The molecule has 0 unspecified atom stereocenters. The van der Waals surface area contributed by atoms with Gasteiger partial charge in [0, 0.05) is 11.1 Å². The zero-order chi connectivity index (χ0) is 13.1. The maximum absolute atomic E-state index is 5.68. The van der Waals surface area contributed by atoms with Gasteiger partial charge in [0.25, 0.3) is 0 Å². The van der Waals surface area contributed by atoms with E-state index in [0.717, 1.165) is 41.5 Å². The maximum Gasteiger partial charge on any atom is 0.136 e. The smallest absolute Gasteiger partial charge is 0.136 e. The first kappa shape index (κ1) is 12.4. The molecule has 1 aliphatic heterocycles. The second-order valence-corrected chi connectivity index (χ2v) is 5.53. The van der Waals surface area contributed by atoms with Gasteiger partial charge in [-0.1, -0.05) is 12.1 Å². The molecule has 98 valence electrons. The van der Waals surface area contributed by atoms with Crippen molar-refractivity contribution in [3.8, 4) is 5.75 Å². The number of rotatable bonds is 3. The summed E-state index contributed by atoms with van der Waals surface area (Å²) in [4.78, 5) is 5.46. The largest absolute Gasteiger partial charge is 0.493 e. The Labute approximate surface area is 117 Å². The highest BCUT2D eigenvalue weighted by Gasteiger charge is 2.10. The maximum atomic E-state index is 5.68. The number of ether oxygens (including phenoxy) is 1. The summed E-state index contributed by atoms with van der Waals surface area (Å²) in [7, 11) is 0. The molecule has 19 heavy (non-hydrogen) atoms. The standard InChI is InChI=1S/C15H16N2OS/c1-11-4-7-15(16-10-11)17-19-13-6-5-12-3-2-8-18-14(12)9-13/h4-7,9-10H,2-3,8H2,1H3,(H,16,17). The number of aromatic nitrogens is 1. The van der Waals surface area contributed by atoms with Crippen LogP contribution in [-0.2, 0) is 6.42 Å². The van der Waals surface area contributed by atoms with Gasteiger partial charge in [-0.3, -0.25) is 0 Å². The van der Waals surface area contributed by atoms with E-state index in [2.05, 4.69) is 27.9 Å². The Morgan fingerprint density at radius 3 is 3.05 bits per heavy atom. The van der Waals surface area contributed by atoms with Gasteiger partial charge < -0.3 is 9.46 Å². The van der Waals surface area contributed by atoms with Crippen molar-refractivity contribution in [1.82, 2.24) is 4.98 Å². The van der Waals surface area contributed by atoms with E-state index < -0.39 is 0 Å². The first-order valence-electron chi connectivity index (χ1n) is 6.42. The third kappa shape index (κ3) is 3.01. The number of benzene rings is 1. The first-order valence-corrected chi connectivity index (χ1v) is 7.24. The monoisotopic (exact) mass is 272 g/mol. The van der Waals surface area contributed by atoms with E-state index in [4.69, 9.17) is 4.74 Å². The SMILES string of the molecule is Cc1ccc(NSc2ccc3c(c2)OCCC3)nc1. The van der Waals surface area contributed by atoms with Crippen molar-refractivity contribution in [1.29, 1.82) is 0 Å². The van der Waals surface area contributed by atoms with Crippen LogP contribution in [0.4, 0.5) is 5.82 Å². The van der Waals surface area contributed by atoms with E-state index in [9.17, 15) is 0 Å². The van der Waals surface area contributed by atoms with E-state index in [-0.39, 0.29) is 0 Å². The number of hydrogen-bond donors (Lipinski definition) is 1. The fraction of sp³-hybridized carbons (Fsp3) is 0.267. The number of aryl methyl sites for hydroxylation is 2. The van der Waals surface area contributed by atoms with E-state index in [1.807, 2.05) is 25.3 Å². The molecular weight excluding hydrogens is 256 g/mol. The Balaban J connectivity index is 1.68. The highest BCUT2D eigenvalue weighted by atomic mass is 32.2. The number of hydrogen-bond acceptors (Lipinski definition) is 4. The zero-order valence-electron chi connectivity index (χ0n) is 10.8. The molecule has 2 aromatic rings. The average Bonchev–Trinajstić information content (AvgIpc) is 2.46. The van der Waals surface area contributed by atoms with Gasteiger partial charge >= 0.3 is 0 Å². The summed E-state index contributed by atoms with van der Waals surface area (Å²) < 4.78 is 8.92. The summed E-state index contributed by atoms with van der Waals surface area (Å²) in [6.45, 7) is 2.86. The predicted octanol–water partition coefficient (Wildman–Crippen LogP) is 3.83. The second-order valence-electron chi connectivity index (χ2n) is 4.65. The minimum absolute atomic E-state index is 0.827. The molecule has 0 saturated heterocycles. The molecule has 0 fully saturated rings.